The van der Waals surface area contributed by atoms with E-state index >= 15 is 0 Å². The lowest BCUT2D eigenvalue weighted by atomic mass is 9.92. The van der Waals surface area contributed by atoms with Crippen LogP contribution >= 0.6 is 0 Å². The topological polar surface area (TPSA) is 12.5 Å². The Balaban J connectivity index is 1.73. The van der Waals surface area contributed by atoms with Gasteiger partial charge < -0.3 is 4.74 Å². The lowest BCUT2D eigenvalue weighted by Crippen LogP contribution is -2.04. The number of rotatable bonds is 2. The van der Waals surface area contributed by atoms with Crippen LogP contribution in [-0.4, -0.2) is 0 Å². The third-order valence-corrected chi connectivity index (χ3v) is 4.23. The lowest BCUT2D eigenvalue weighted by molar-refractivity contribution is 0.313. The molecule has 20 heavy (non-hydrogen) atoms. The summed E-state index contributed by atoms with van der Waals surface area (Å²) in [5.41, 5.74) is 2.32. The summed E-state index contributed by atoms with van der Waals surface area (Å²) in [6.07, 6.45) is 0.171. The van der Waals surface area contributed by atoms with E-state index in [9.17, 15) is 0 Å². The molecule has 1 saturated heterocycles. The lowest BCUT2D eigenvalue weighted by Gasteiger charge is -2.09. The van der Waals surface area contributed by atoms with Crippen LogP contribution in [0.25, 0.3) is 10.8 Å². The molecule has 1 aliphatic rings. The first-order valence-corrected chi connectivity index (χ1v) is 6.99. The van der Waals surface area contributed by atoms with E-state index in [1.807, 2.05) is 6.07 Å². The molecule has 0 spiro atoms. The van der Waals surface area contributed by atoms with Crippen LogP contribution in [-0.2, 0) is 10.3 Å². The zero-order chi connectivity index (χ0) is 13.6. The molecular weight excluding hydrogens is 244 g/mol. The number of hydrogen-bond acceptors (Lipinski definition) is 1. The average molecular weight is 260 g/mol. The minimum atomic E-state index is -0.189. The summed E-state index contributed by atoms with van der Waals surface area (Å²) < 4.78 is 6.03. The standard InChI is InChI=1S/C19H16O/c1-19(18(20-19)15-8-3-2-4-9-15)17-12-11-14-7-5-6-10-16(14)13-17/h2-13,18H,1H3/t18-,19-/m0/s1. The van der Waals surface area contributed by atoms with Gasteiger partial charge in [-0.1, -0.05) is 66.7 Å². The Hall–Kier alpha value is -2.12. The van der Waals surface area contributed by atoms with Crippen LogP contribution in [0.4, 0.5) is 0 Å². The van der Waals surface area contributed by atoms with Gasteiger partial charge in [-0.2, -0.15) is 0 Å². The van der Waals surface area contributed by atoms with Gasteiger partial charge in [0.25, 0.3) is 0 Å². The molecule has 0 saturated carbocycles. The molecule has 0 aliphatic carbocycles. The van der Waals surface area contributed by atoms with Crippen molar-refractivity contribution in [2.45, 2.75) is 18.6 Å². The third-order valence-electron chi connectivity index (χ3n) is 4.23. The van der Waals surface area contributed by atoms with Gasteiger partial charge in [0.1, 0.15) is 11.7 Å². The summed E-state index contributed by atoms with van der Waals surface area (Å²) in [6, 6.07) is 25.5. The van der Waals surface area contributed by atoms with Crippen LogP contribution in [0.3, 0.4) is 0 Å². The van der Waals surface area contributed by atoms with Gasteiger partial charge in [0.2, 0.25) is 0 Å². The Morgan fingerprint density at radius 2 is 1.50 bits per heavy atom. The van der Waals surface area contributed by atoms with Crippen LogP contribution in [0.1, 0.15) is 24.2 Å². The number of fused-ring (bicyclic) bond motifs is 1. The summed E-state index contributed by atoms with van der Waals surface area (Å²) in [5, 5.41) is 2.55. The van der Waals surface area contributed by atoms with Crippen LogP contribution in [0.2, 0.25) is 0 Å². The SMILES string of the molecule is C[C@@]1(c2ccc3ccccc3c2)O[C@H]1c1ccccc1. The fourth-order valence-corrected chi connectivity index (χ4v) is 2.94. The summed E-state index contributed by atoms with van der Waals surface area (Å²) >= 11 is 0. The van der Waals surface area contributed by atoms with E-state index in [0.29, 0.717) is 0 Å². The van der Waals surface area contributed by atoms with Crippen molar-refractivity contribution in [3.05, 3.63) is 83.9 Å². The van der Waals surface area contributed by atoms with Gasteiger partial charge in [0, 0.05) is 0 Å². The van der Waals surface area contributed by atoms with Crippen molar-refractivity contribution < 1.29 is 4.74 Å². The van der Waals surface area contributed by atoms with E-state index in [2.05, 4.69) is 73.7 Å². The quantitative estimate of drug-likeness (QED) is 0.601. The highest BCUT2D eigenvalue weighted by atomic mass is 16.6. The highest BCUT2D eigenvalue weighted by molar-refractivity contribution is 5.83. The first-order chi connectivity index (χ1) is 9.77. The molecule has 1 aliphatic heterocycles. The molecule has 1 nitrogen and oxygen atoms in total. The maximum Gasteiger partial charge on any atom is 0.122 e. The van der Waals surface area contributed by atoms with E-state index in [0.717, 1.165) is 0 Å². The normalized spacial score (nSPS) is 24.8. The summed E-state index contributed by atoms with van der Waals surface area (Å²) in [5.74, 6) is 0. The van der Waals surface area contributed by atoms with Gasteiger partial charge >= 0.3 is 0 Å². The summed E-state index contributed by atoms with van der Waals surface area (Å²) in [4.78, 5) is 0. The maximum atomic E-state index is 6.03. The highest BCUT2D eigenvalue weighted by Crippen LogP contribution is 2.56. The van der Waals surface area contributed by atoms with E-state index in [4.69, 9.17) is 4.74 Å². The molecule has 4 rings (SSSR count). The minimum Gasteiger partial charge on any atom is -0.356 e. The summed E-state index contributed by atoms with van der Waals surface area (Å²) in [7, 11) is 0. The van der Waals surface area contributed by atoms with Gasteiger partial charge in [-0.15, -0.1) is 0 Å². The predicted octanol–water partition coefficient (Wildman–Crippen LogP) is 4.83. The Labute approximate surface area is 118 Å². The van der Waals surface area contributed by atoms with Gasteiger partial charge in [-0.3, -0.25) is 0 Å². The highest BCUT2D eigenvalue weighted by Gasteiger charge is 2.54. The van der Waals surface area contributed by atoms with Crippen molar-refractivity contribution in [1.29, 1.82) is 0 Å². The molecule has 1 heteroatoms. The monoisotopic (exact) mass is 260 g/mol. The molecule has 0 unspecified atom stereocenters. The first kappa shape index (κ1) is 11.7. The predicted molar refractivity (Wildman–Crippen MR) is 81.6 cm³/mol. The van der Waals surface area contributed by atoms with Crippen molar-refractivity contribution in [2.24, 2.45) is 0 Å². The number of hydrogen-bond donors (Lipinski definition) is 0. The second kappa shape index (κ2) is 4.19. The van der Waals surface area contributed by atoms with Crippen molar-refractivity contribution in [3.63, 3.8) is 0 Å². The number of epoxide rings is 1. The minimum absolute atomic E-state index is 0.171. The van der Waals surface area contributed by atoms with E-state index in [1.165, 1.54) is 21.9 Å². The fourth-order valence-electron chi connectivity index (χ4n) is 2.94. The zero-order valence-electron chi connectivity index (χ0n) is 11.4. The van der Waals surface area contributed by atoms with Gasteiger partial charge in [0.05, 0.1) is 0 Å². The van der Waals surface area contributed by atoms with E-state index in [1.54, 1.807) is 0 Å². The van der Waals surface area contributed by atoms with Crippen LogP contribution < -0.4 is 0 Å². The molecule has 0 bridgehead atoms. The largest absolute Gasteiger partial charge is 0.356 e. The van der Waals surface area contributed by atoms with Gasteiger partial charge in [-0.05, 0) is 34.9 Å². The zero-order valence-corrected chi connectivity index (χ0v) is 11.4. The molecule has 3 aromatic carbocycles. The molecule has 0 radical (unpaired) electrons. The summed E-state index contributed by atoms with van der Waals surface area (Å²) in [6.45, 7) is 2.18. The van der Waals surface area contributed by atoms with Crippen molar-refractivity contribution in [2.75, 3.05) is 0 Å². The second-order valence-electron chi connectivity index (χ2n) is 5.58. The Bertz CT molecular complexity index is 763. The molecule has 3 aromatic rings. The Morgan fingerprint density at radius 3 is 2.30 bits per heavy atom. The Kier molecular flexibility index (Phi) is 2.45. The van der Waals surface area contributed by atoms with Gasteiger partial charge in [0.15, 0.2) is 0 Å². The van der Waals surface area contributed by atoms with Crippen molar-refractivity contribution in [3.8, 4) is 0 Å². The molecule has 0 amide bonds. The van der Waals surface area contributed by atoms with Crippen molar-refractivity contribution in [1.82, 2.24) is 0 Å². The smallest absolute Gasteiger partial charge is 0.122 e. The van der Waals surface area contributed by atoms with Crippen LogP contribution in [0.5, 0.6) is 0 Å². The molecule has 98 valence electrons. The van der Waals surface area contributed by atoms with E-state index in [-0.39, 0.29) is 11.7 Å². The number of ether oxygens (including phenoxy) is 1. The molecule has 2 atom stereocenters. The van der Waals surface area contributed by atoms with Crippen molar-refractivity contribution >= 4 is 10.8 Å². The second-order valence-corrected chi connectivity index (χ2v) is 5.58. The molecular formula is C19H16O. The number of benzene rings is 3. The average Bonchev–Trinajstić information content (AvgIpc) is 3.21. The molecule has 0 aromatic heterocycles. The maximum absolute atomic E-state index is 6.03. The third kappa shape index (κ3) is 1.75. The van der Waals surface area contributed by atoms with Crippen LogP contribution in [0, 0.1) is 0 Å². The first-order valence-electron chi connectivity index (χ1n) is 6.99. The molecule has 0 N–H and O–H groups in total. The molecule has 1 fully saturated rings. The van der Waals surface area contributed by atoms with Gasteiger partial charge in [-0.25, -0.2) is 0 Å². The van der Waals surface area contributed by atoms with E-state index < -0.39 is 0 Å². The van der Waals surface area contributed by atoms with Crippen LogP contribution in [0.15, 0.2) is 72.8 Å². The fraction of sp³-hybridized carbons (Fsp3) is 0.158. The molecule has 1 heterocycles. The Morgan fingerprint density at radius 1 is 0.800 bits per heavy atom.